The molecule has 0 bridgehead atoms. The summed E-state index contributed by atoms with van der Waals surface area (Å²) in [5.74, 6) is 0.885. The van der Waals surface area contributed by atoms with Crippen LogP contribution in [0.1, 0.15) is 36.5 Å². The Morgan fingerprint density at radius 2 is 2.24 bits per heavy atom. The standard InChI is InChI=1S/C14H19NO2/c1-2-8-15(10-11-6-7-11)14(17)12-4-3-5-13(16)9-12/h3-5,9,11,16H,2,6-8,10H2,1H3. The monoisotopic (exact) mass is 233 g/mol. The van der Waals surface area contributed by atoms with E-state index >= 15 is 0 Å². The molecule has 1 amide bonds. The predicted octanol–water partition coefficient (Wildman–Crippen LogP) is 2.65. The maximum atomic E-state index is 12.3. The number of benzene rings is 1. The SMILES string of the molecule is CCCN(CC1CC1)C(=O)c1cccc(O)c1. The largest absolute Gasteiger partial charge is 0.508 e. The molecule has 0 radical (unpaired) electrons. The van der Waals surface area contributed by atoms with Gasteiger partial charge in [0.25, 0.3) is 5.91 Å². The minimum Gasteiger partial charge on any atom is -0.508 e. The Morgan fingerprint density at radius 1 is 1.47 bits per heavy atom. The molecule has 1 aliphatic carbocycles. The summed E-state index contributed by atoms with van der Waals surface area (Å²) < 4.78 is 0. The van der Waals surface area contributed by atoms with Crippen LogP contribution >= 0.6 is 0 Å². The van der Waals surface area contributed by atoms with Crippen molar-refractivity contribution in [3.05, 3.63) is 29.8 Å². The van der Waals surface area contributed by atoms with Gasteiger partial charge in [-0.05, 0) is 43.4 Å². The smallest absolute Gasteiger partial charge is 0.253 e. The fraction of sp³-hybridized carbons (Fsp3) is 0.500. The van der Waals surface area contributed by atoms with E-state index in [0.717, 1.165) is 19.5 Å². The van der Waals surface area contributed by atoms with Crippen molar-refractivity contribution < 1.29 is 9.90 Å². The molecule has 0 aliphatic heterocycles. The van der Waals surface area contributed by atoms with Crippen molar-refractivity contribution in [2.24, 2.45) is 5.92 Å². The number of carbonyl (C=O) groups excluding carboxylic acids is 1. The molecule has 1 N–H and O–H groups in total. The van der Waals surface area contributed by atoms with E-state index in [1.54, 1.807) is 18.2 Å². The van der Waals surface area contributed by atoms with E-state index < -0.39 is 0 Å². The van der Waals surface area contributed by atoms with Crippen LogP contribution in [0.3, 0.4) is 0 Å². The molecular weight excluding hydrogens is 214 g/mol. The predicted molar refractivity (Wildman–Crippen MR) is 67.0 cm³/mol. The molecule has 0 aromatic heterocycles. The highest BCUT2D eigenvalue weighted by Gasteiger charge is 2.26. The van der Waals surface area contributed by atoms with E-state index in [1.165, 1.54) is 18.9 Å². The van der Waals surface area contributed by atoms with E-state index in [0.29, 0.717) is 11.5 Å². The second-order valence-corrected chi connectivity index (χ2v) is 4.74. The maximum absolute atomic E-state index is 12.3. The first-order chi connectivity index (χ1) is 8.20. The van der Waals surface area contributed by atoms with Gasteiger partial charge in [0.05, 0.1) is 0 Å². The zero-order valence-electron chi connectivity index (χ0n) is 10.2. The lowest BCUT2D eigenvalue weighted by atomic mass is 10.1. The lowest BCUT2D eigenvalue weighted by Crippen LogP contribution is -2.33. The van der Waals surface area contributed by atoms with Crippen molar-refractivity contribution in [1.82, 2.24) is 4.90 Å². The van der Waals surface area contributed by atoms with Gasteiger partial charge in [-0.2, -0.15) is 0 Å². The van der Waals surface area contributed by atoms with Crippen LogP contribution in [-0.2, 0) is 0 Å². The molecule has 2 rings (SSSR count). The number of hydrogen-bond acceptors (Lipinski definition) is 2. The molecule has 0 saturated heterocycles. The topological polar surface area (TPSA) is 40.5 Å². The molecule has 92 valence electrons. The summed E-state index contributed by atoms with van der Waals surface area (Å²) in [5.41, 5.74) is 0.583. The van der Waals surface area contributed by atoms with Gasteiger partial charge < -0.3 is 10.0 Å². The lowest BCUT2D eigenvalue weighted by Gasteiger charge is -2.22. The van der Waals surface area contributed by atoms with Crippen molar-refractivity contribution >= 4 is 5.91 Å². The molecule has 1 fully saturated rings. The van der Waals surface area contributed by atoms with Crippen molar-refractivity contribution in [2.75, 3.05) is 13.1 Å². The maximum Gasteiger partial charge on any atom is 0.253 e. The Labute approximate surface area is 102 Å². The van der Waals surface area contributed by atoms with Gasteiger partial charge in [-0.3, -0.25) is 4.79 Å². The fourth-order valence-electron chi connectivity index (χ4n) is 1.98. The van der Waals surface area contributed by atoms with Crippen LogP contribution in [0.5, 0.6) is 5.75 Å². The van der Waals surface area contributed by atoms with E-state index in [-0.39, 0.29) is 11.7 Å². The van der Waals surface area contributed by atoms with Gasteiger partial charge in [0.1, 0.15) is 5.75 Å². The van der Waals surface area contributed by atoms with Crippen LogP contribution in [0.15, 0.2) is 24.3 Å². The molecule has 3 nitrogen and oxygen atoms in total. The molecule has 0 heterocycles. The third kappa shape index (κ3) is 3.22. The molecule has 1 aliphatic rings. The highest BCUT2D eigenvalue weighted by Crippen LogP contribution is 2.30. The van der Waals surface area contributed by atoms with Crippen LogP contribution in [0, 0.1) is 5.92 Å². The minimum absolute atomic E-state index is 0.0367. The number of phenols is 1. The summed E-state index contributed by atoms with van der Waals surface area (Å²) in [5, 5.41) is 9.40. The van der Waals surface area contributed by atoms with Crippen LogP contribution in [0.2, 0.25) is 0 Å². The van der Waals surface area contributed by atoms with Gasteiger partial charge in [0.15, 0.2) is 0 Å². The van der Waals surface area contributed by atoms with Gasteiger partial charge in [-0.15, -0.1) is 0 Å². The Balaban J connectivity index is 2.08. The first-order valence-electron chi connectivity index (χ1n) is 6.29. The van der Waals surface area contributed by atoms with E-state index in [1.807, 2.05) is 4.90 Å². The number of carbonyl (C=O) groups is 1. The van der Waals surface area contributed by atoms with E-state index in [2.05, 4.69) is 6.92 Å². The Bertz CT molecular complexity index is 399. The Hall–Kier alpha value is -1.51. The highest BCUT2D eigenvalue weighted by atomic mass is 16.3. The number of amides is 1. The van der Waals surface area contributed by atoms with Gasteiger partial charge in [-0.1, -0.05) is 13.0 Å². The first-order valence-corrected chi connectivity index (χ1v) is 6.29. The van der Waals surface area contributed by atoms with E-state index in [4.69, 9.17) is 0 Å². The zero-order valence-corrected chi connectivity index (χ0v) is 10.2. The molecule has 17 heavy (non-hydrogen) atoms. The van der Waals surface area contributed by atoms with Crippen LogP contribution in [0.4, 0.5) is 0 Å². The number of nitrogens with zero attached hydrogens (tertiary/aromatic N) is 1. The number of rotatable bonds is 5. The third-order valence-electron chi connectivity index (χ3n) is 3.05. The van der Waals surface area contributed by atoms with Crippen molar-refractivity contribution in [1.29, 1.82) is 0 Å². The average Bonchev–Trinajstić information content (AvgIpc) is 3.11. The number of phenolic OH excluding ortho intramolecular Hbond substituents is 1. The molecule has 3 heteroatoms. The van der Waals surface area contributed by atoms with Gasteiger partial charge in [-0.25, -0.2) is 0 Å². The molecule has 1 aromatic rings. The molecule has 0 unspecified atom stereocenters. The summed E-state index contributed by atoms with van der Waals surface area (Å²) in [6, 6.07) is 6.60. The molecule has 1 aromatic carbocycles. The summed E-state index contributed by atoms with van der Waals surface area (Å²) in [6.45, 7) is 3.74. The van der Waals surface area contributed by atoms with Crippen LogP contribution in [-0.4, -0.2) is 29.0 Å². The minimum atomic E-state index is 0.0367. The Kier molecular flexibility index (Phi) is 3.67. The number of hydrogen-bond donors (Lipinski definition) is 1. The summed E-state index contributed by atoms with van der Waals surface area (Å²) in [6.07, 6.45) is 3.46. The fourth-order valence-corrected chi connectivity index (χ4v) is 1.98. The molecule has 1 saturated carbocycles. The number of aromatic hydroxyl groups is 1. The lowest BCUT2D eigenvalue weighted by molar-refractivity contribution is 0.0747. The Morgan fingerprint density at radius 3 is 2.82 bits per heavy atom. The second kappa shape index (κ2) is 5.21. The first kappa shape index (κ1) is 12.0. The quantitative estimate of drug-likeness (QED) is 0.849. The zero-order chi connectivity index (χ0) is 12.3. The van der Waals surface area contributed by atoms with E-state index in [9.17, 15) is 9.90 Å². The summed E-state index contributed by atoms with van der Waals surface area (Å²) >= 11 is 0. The van der Waals surface area contributed by atoms with Crippen molar-refractivity contribution in [2.45, 2.75) is 26.2 Å². The average molecular weight is 233 g/mol. The molecule has 0 spiro atoms. The highest BCUT2D eigenvalue weighted by molar-refractivity contribution is 5.94. The van der Waals surface area contributed by atoms with Crippen LogP contribution in [0.25, 0.3) is 0 Å². The van der Waals surface area contributed by atoms with Gasteiger partial charge in [0.2, 0.25) is 0 Å². The van der Waals surface area contributed by atoms with Crippen molar-refractivity contribution in [3.8, 4) is 5.75 Å². The normalized spacial score (nSPS) is 14.6. The third-order valence-corrected chi connectivity index (χ3v) is 3.05. The summed E-state index contributed by atoms with van der Waals surface area (Å²) in [7, 11) is 0. The molecule has 0 atom stereocenters. The van der Waals surface area contributed by atoms with Gasteiger partial charge >= 0.3 is 0 Å². The second-order valence-electron chi connectivity index (χ2n) is 4.74. The molecular formula is C14H19NO2. The van der Waals surface area contributed by atoms with Gasteiger partial charge in [0, 0.05) is 18.7 Å². The van der Waals surface area contributed by atoms with Crippen LogP contribution < -0.4 is 0 Å². The summed E-state index contributed by atoms with van der Waals surface area (Å²) in [4.78, 5) is 14.2. The van der Waals surface area contributed by atoms with Crippen molar-refractivity contribution in [3.63, 3.8) is 0 Å².